The number of rotatable bonds is 5. The maximum atomic E-state index is 11.3. The lowest BCUT2D eigenvalue weighted by Crippen LogP contribution is -2.29. The van der Waals surface area contributed by atoms with Crippen molar-refractivity contribution in [2.75, 3.05) is 0 Å². The lowest BCUT2D eigenvalue weighted by molar-refractivity contribution is -0.385. The highest BCUT2D eigenvalue weighted by Gasteiger charge is 2.13. The van der Waals surface area contributed by atoms with Crippen molar-refractivity contribution in [1.29, 1.82) is 0 Å². The van der Waals surface area contributed by atoms with Crippen LogP contribution >= 0.6 is 0 Å². The molecule has 1 amide bonds. The molecule has 1 rings (SSSR count). The van der Waals surface area contributed by atoms with Crippen LogP contribution < -0.4 is 11.1 Å². The van der Waals surface area contributed by atoms with Crippen molar-refractivity contribution < 1.29 is 9.72 Å². The van der Waals surface area contributed by atoms with E-state index < -0.39 is 4.92 Å². The van der Waals surface area contributed by atoms with E-state index in [1.807, 2.05) is 0 Å². The average Bonchev–Trinajstić information content (AvgIpc) is 2.25. The number of hydrogen-bond donors (Lipinski definition) is 2. The van der Waals surface area contributed by atoms with Gasteiger partial charge < -0.3 is 11.1 Å². The number of carbonyl (C=O) groups excluding carboxylic acids is 1. The minimum absolute atomic E-state index is 0.00796. The number of nitrogens with zero attached hydrogens (tertiary/aromatic N) is 1. The van der Waals surface area contributed by atoms with Gasteiger partial charge in [-0.15, -0.1) is 0 Å². The summed E-state index contributed by atoms with van der Waals surface area (Å²) in [5.41, 5.74) is 5.96. The summed E-state index contributed by atoms with van der Waals surface area (Å²) in [6.45, 7) is 1.87. The first kappa shape index (κ1) is 13.1. The first-order chi connectivity index (χ1) is 8.00. The molecule has 6 heteroatoms. The molecule has 0 aliphatic carbocycles. The molecule has 0 radical (unpaired) electrons. The maximum absolute atomic E-state index is 11.3. The number of carbonyl (C=O) groups is 1. The summed E-state index contributed by atoms with van der Waals surface area (Å²) in [4.78, 5) is 21.6. The molecule has 0 aliphatic heterocycles. The molecule has 3 N–H and O–H groups in total. The van der Waals surface area contributed by atoms with Gasteiger partial charge in [0.15, 0.2) is 0 Å². The van der Waals surface area contributed by atoms with Crippen molar-refractivity contribution in [3.05, 3.63) is 39.9 Å². The van der Waals surface area contributed by atoms with Gasteiger partial charge in [0.25, 0.3) is 5.69 Å². The van der Waals surface area contributed by atoms with Crippen LogP contribution in [0.15, 0.2) is 24.3 Å². The molecule has 1 unspecified atom stereocenters. The predicted octanol–water partition coefficient (Wildman–Crippen LogP) is 0.948. The summed E-state index contributed by atoms with van der Waals surface area (Å²) in [6, 6.07) is 6.09. The second-order valence-electron chi connectivity index (χ2n) is 3.84. The quantitative estimate of drug-likeness (QED) is 0.588. The van der Waals surface area contributed by atoms with Gasteiger partial charge in [-0.05, 0) is 6.92 Å². The van der Waals surface area contributed by atoms with E-state index in [0.717, 1.165) is 0 Å². The minimum atomic E-state index is -0.465. The lowest BCUT2D eigenvalue weighted by atomic mass is 10.1. The summed E-state index contributed by atoms with van der Waals surface area (Å²) in [6.07, 6.45) is 0.209. The van der Waals surface area contributed by atoms with Crippen LogP contribution in [0.1, 0.15) is 18.9 Å². The second-order valence-corrected chi connectivity index (χ2v) is 3.84. The first-order valence-corrected chi connectivity index (χ1v) is 5.25. The molecule has 0 aromatic heterocycles. The van der Waals surface area contributed by atoms with E-state index in [1.165, 1.54) is 6.07 Å². The van der Waals surface area contributed by atoms with Crippen molar-refractivity contribution in [2.24, 2.45) is 5.73 Å². The molecule has 17 heavy (non-hydrogen) atoms. The van der Waals surface area contributed by atoms with Gasteiger partial charge in [0.05, 0.1) is 4.92 Å². The first-order valence-electron chi connectivity index (χ1n) is 5.25. The van der Waals surface area contributed by atoms with Gasteiger partial charge >= 0.3 is 0 Å². The van der Waals surface area contributed by atoms with E-state index in [0.29, 0.717) is 5.56 Å². The van der Waals surface area contributed by atoms with E-state index in [4.69, 9.17) is 5.73 Å². The zero-order chi connectivity index (χ0) is 12.8. The van der Waals surface area contributed by atoms with E-state index in [9.17, 15) is 14.9 Å². The highest BCUT2D eigenvalue weighted by Crippen LogP contribution is 2.16. The molecule has 1 aromatic rings. The fourth-order valence-corrected chi connectivity index (χ4v) is 1.40. The van der Waals surface area contributed by atoms with Crippen LogP contribution in [0, 0.1) is 10.1 Å². The Bertz CT molecular complexity index is 418. The predicted molar refractivity (Wildman–Crippen MR) is 63.2 cm³/mol. The molecular formula is C11H15N3O3. The summed E-state index contributed by atoms with van der Waals surface area (Å²) in [5.74, 6) is -0.210. The van der Waals surface area contributed by atoms with Gasteiger partial charge in [-0.25, -0.2) is 0 Å². The van der Waals surface area contributed by atoms with Gasteiger partial charge in [-0.1, -0.05) is 18.2 Å². The fraction of sp³-hybridized carbons (Fsp3) is 0.364. The molecule has 0 bridgehead atoms. The van der Waals surface area contributed by atoms with Crippen molar-refractivity contribution in [1.82, 2.24) is 5.32 Å². The smallest absolute Gasteiger partial charge is 0.274 e. The summed E-state index contributed by atoms with van der Waals surface area (Å²) >= 11 is 0. The summed E-state index contributed by atoms with van der Waals surface area (Å²) in [5, 5.41) is 13.3. The number of nitro benzene ring substituents is 1. The third kappa shape index (κ3) is 4.20. The minimum Gasteiger partial charge on any atom is -0.352 e. The van der Waals surface area contributed by atoms with E-state index >= 15 is 0 Å². The molecule has 0 spiro atoms. The number of benzene rings is 1. The Morgan fingerprint density at radius 3 is 2.76 bits per heavy atom. The van der Waals surface area contributed by atoms with Crippen molar-refractivity contribution in [3.8, 4) is 0 Å². The Morgan fingerprint density at radius 1 is 1.53 bits per heavy atom. The normalized spacial score (nSPS) is 11.9. The second kappa shape index (κ2) is 5.95. The van der Waals surface area contributed by atoms with E-state index in [1.54, 1.807) is 25.1 Å². The summed E-state index contributed by atoms with van der Waals surface area (Å²) in [7, 11) is 0. The molecule has 0 aliphatic rings. The van der Waals surface area contributed by atoms with Crippen LogP contribution in [0.4, 0.5) is 5.69 Å². The van der Waals surface area contributed by atoms with Gasteiger partial charge in [0.2, 0.25) is 5.91 Å². The summed E-state index contributed by atoms with van der Waals surface area (Å²) < 4.78 is 0. The Hall–Kier alpha value is -1.95. The van der Waals surface area contributed by atoms with Crippen LogP contribution in [0.25, 0.3) is 0 Å². The third-order valence-corrected chi connectivity index (χ3v) is 2.17. The van der Waals surface area contributed by atoms with Crippen molar-refractivity contribution in [3.63, 3.8) is 0 Å². The molecule has 0 fully saturated rings. The number of amides is 1. The molecule has 0 saturated heterocycles. The van der Waals surface area contributed by atoms with Gasteiger partial charge in [-0.3, -0.25) is 14.9 Å². The SMILES string of the molecule is CC(N)CC(=O)NCc1ccccc1[N+](=O)[O-]. The molecule has 92 valence electrons. The number of nitro groups is 1. The van der Waals surface area contributed by atoms with E-state index in [-0.39, 0.29) is 30.6 Å². The molecular weight excluding hydrogens is 222 g/mol. The van der Waals surface area contributed by atoms with Crippen LogP contribution in [-0.2, 0) is 11.3 Å². The van der Waals surface area contributed by atoms with Gasteiger partial charge in [0, 0.05) is 30.6 Å². The Morgan fingerprint density at radius 2 is 2.18 bits per heavy atom. The molecule has 1 atom stereocenters. The molecule has 0 saturated carbocycles. The number of nitrogens with one attached hydrogen (secondary N) is 1. The Balaban J connectivity index is 2.63. The Kier molecular flexibility index (Phi) is 4.59. The zero-order valence-electron chi connectivity index (χ0n) is 9.55. The highest BCUT2D eigenvalue weighted by atomic mass is 16.6. The van der Waals surface area contributed by atoms with Gasteiger partial charge in [0.1, 0.15) is 0 Å². The van der Waals surface area contributed by atoms with Crippen LogP contribution in [-0.4, -0.2) is 16.9 Å². The molecule has 1 aromatic carbocycles. The standard InChI is InChI=1S/C11H15N3O3/c1-8(12)6-11(15)13-7-9-4-2-3-5-10(9)14(16)17/h2-5,8H,6-7,12H2,1H3,(H,13,15). The maximum Gasteiger partial charge on any atom is 0.274 e. The third-order valence-electron chi connectivity index (χ3n) is 2.17. The van der Waals surface area contributed by atoms with Crippen LogP contribution in [0.2, 0.25) is 0 Å². The monoisotopic (exact) mass is 237 g/mol. The number of nitrogens with two attached hydrogens (primary N) is 1. The zero-order valence-corrected chi connectivity index (χ0v) is 9.55. The van der Waals surface area contributed by atoms with Crippen molar-refractivity contribution >= 4 is 11.6 Å². The highest BCUT2D eigenvalue weighted by molar-refractivity contribution is 5.76. The largest absolute Gasteiger partial charge is 0.352 e. The number of para-hydroxylation sites is 1. The Labute approximate surface area is 99.0 Å². The molecule has 0 heterocycles. The van der Waals surface area contributed by atoms with Crippen molar-refractivity contribution in [2.45, 2.75) is 25.9 Å². The van der Waals surface area contributed by atoms with E-state index in [2.05, 4.69) is 5.32 Å². The average molecular weight is 237 g/mol. The lowest BCUT2D eigenvalue weighted by Gasteiger charge is -2.07. The van der Waals surface area contributed by atoms with Crippen LogP contribution in [0.5, 0.6) is 0 Å². The number of hydrogen-bond acceptors (Lipinski definition) is 4. The van der Waals surface area contributed by atoms with Gasteiger partial charge in [-0.2, -0.15) is 0 Å². The fourth-order valence-electron chi connectivity index (χ4n) is 1.40. The van der Waals surface area contributed by atoms with Crippen LogP contribution in [0.3, 0.4) is 0 Å². The molecule has 6 nitrogen and oxygen atoms in total. The topological polar surface area (TPSA) is 98.3 Å².